The zero-order valence-corrected chi connectivity index (χ0v) is 14.2. The zero-order chi connectivity index (χ0) is 17.4. The Balaban J connectivity index is 1.61. The van der Waals surface area contributed by atoms with Crippen molar-refractivity contribution in [2.45, 2.75) is 32.8 Å². The first-order chi connectivity index (χ1) is 12.2. The van der Waals surface area contributed by atoms with Crippen molar-refractivity contribution < 1.29 is 18.7 Å². The third-order valence-electron chi connectivity index (χ3n) is 4.47. The number of furan rings is 1. The molecule has 2 heterocycles. The summed E-state index contributed by atoms with van der Waals surface area (Å²) < 4.78 is 17.0. The molecule has 5 heteroatoms. The average molecular weight is 337 g/mol. The standard InChI is InChI=1S/C20H19NO4/c1-3-23-20(22)19-12(2)24-18-7-6-14(10-16(18)19)25-15-9-13-5-4-8-21-17(13)11-15/h4-8,10,15H,3,9,11H2,1-2H3. The summed E-state index contributed by atoms with van der Waals surface area (Å²) in [7, 11) is 0. The highest BCUT2D eigenvalue weighted by Crippen LogP contribution is 2.31. The van der Waals surface area contributed by atoms with Crippen LogP contribution in [0.1, 0.15) is 34.3 Å². The summed E-state index contributed by atoms with van der Waals surface area (Å²) in [5.41, 5.74) is 3.46. The molecule has 3 aromatic rings. The van der Waals surface area contributed by atoms with Gasteiger partial charge >= 0.3 is 5.97 Å². The number of pyridine rings is 1. The van der Waals surface area contributed by atoms with E-state index in [0.717, 1.165) is 29.7 Å². The van der Waals surface area contributed by atoms with E-state index in [9.17, 15) is 4.79 Å². The number of hydrogen-bond donors (Lipinski definition) is 0. The van der Waals surface area contributed by atoms with Crippen LogP contribution in [0, 0.1) is 6.92 Å². The van der Waals surface area contributed by atoms with Crippen molar-refractivity contribution in [2.75, 3.05) is 6.61 Å². The Hall–Kier alpha value is -2.82. The molecule has 128 valence electrons. The van der Waals surface area contributed by atoms with Crippen molar-refractivity contribution in [3.63, 3.8) is 0 Å². The largest absolute Gasteiger partial charge is 0.490 e. The Kier molecular flexibility index (Phi) is 3.92. The summed E-state index contributed by atoms with van der Waals surface area (Å²) in [6.07, 6.45) is 3.51. The van der Waals surface area contributed by atoms with E-state index in [1.165, 1.54) is 5.56 Å². The minimum atomic E-state index is -0.367. The second-order valence-electron chi connectivity index (χ2n) is 6.17. The van der Waals surface area contributed by atoms with Crippen LogP contribution >= 0.6 is 0 Å². The van der Waals surface area contributed by atoms with E-state index in [1.807, 2.05) is 30.5 Å². The molecule has 0 bridgehead atoms. The van der Waals surface area contributed by atoms with Crippen LogP contribution in [0.3, 0.4) is 0 Å². The quantitative estimate of drug-likeness (QED) is 0.677. The Labute approximate surface area is 145 Å². The SMILES string of the molecule is CCOC(=O)c1c(C)oc2ccc(OC3Cc4cccnc4C3)cc12. The summed E-state index contributed by atoms with van der Waals surface area (Å²) in [6.45, 7) is 3.89. The molecule has 0 aliphatic heterocycles. The topological polar surface area (TPSA) is 61.6 Å². The van der Waals surface area contributed by atoms with E-state index in [-0.39, 0.29) is 12.1 Å². The van der Waals surface area contributed by atoms with E-state index in [4.69, 9.17) is 13.9 Å². The summed E-state index contributed by atoms with van der Waals surface area (Å²) in [6, 6.07) is 9.60. The fraction of sp³-hybridized carbons (Fsp3) is 0.300. The van der Waals surface area contributed by atoms with Gasteiger partial charge in [-0.15, -0.1) is 0 Å². The molecule has 1 aliphatic rings. The Morgan fingerprint density at radius 3 is 3.00 bits per heavy atom. The third-order valence-corrected chi connectivity index (χ3v) is 4.47. The predicted molar refractivity (Wildman–Crippen MR) is 93.0 cm³/mol. The zero-order valence-electron chi connectivity index (χ0n) is 14.2. The normalized spacial score (nSPS) is 16.0. The van der Waals surface area contributed by atoms with Gasteiger partial charge in [0, 0.05) is 30.1 Å². The first-order valence-corrected chi connectivity index (χ1v) is 8.45. The van der Waals surface area contributed by atoms with E-state index in [2.05, 4.69) is 11.1 Å². The van der Waals surface area contributed by atoms with Gasteiger partial charge in [0.05, 0.1) is 6.61 Å². The van der Waals surface area contributed by atoms with Crippen LogP contribution in [0.25, 0.3) is 11.0 Å². The number of carbonyl (C=O) groups is 1. The number of hydrogen-bond acceptors (Lipinski definition) is 5. The van der Waals surface area contributed by atoms with Gasteiger partial charge in [-0.2, -0.15) is 0 Å². The van der Waals surface area contributed by atoms with Crippen molar-refractivity contribution in [2.24, 2.45) is 0 Å². The van der Waals surface area contributed by atoms with E-state index in [1.54, 1.807) is 13.8 Å². The lowest BCUT2D eigenvalue weighted by molar-refractivity contribution is 0.0526. The average Bonchev–Trinajstić information content (AvgIpc) is 3.14. The molecular formula is C20H19NO4. The van der Waals surface area contributed by atoms with Crippen molar-refractivity contribution in [3.8, 4) is 5.75 Å². The van der Waals surface area contributed by atoms with E-state index < -0.39 is 0 Å². The lowest BCUT2D eigenvalue weighted by Crippen LogP contribution is -2.16. The van der Waals surface area contributed by atoms with Gasteiger partial charge in [-0.25, -0.2) is 4.79 Å². The molecule has 0 saturated heterocycles. The van der Waals surface area contributed by atoms with Gasteiger partial charge in [0.15, 0.2) is 0 Å². The van der Waals surface area contributed by atoms with Crippen LogP contribution in [-0.4, -0.2) is 23.7 Å². The van der Waals surface area contributed by atoms with Gasteiger partial charge in [0.1, 0.15) is 28.8 Å². The highest BCUT2D eigenvalue weighted by atomic mass is 16.5. The molecule has 4 rings (SSSR count). The van der Waals surface area contributed by atoms with Crippen molar-refractivity contribution in [1.82, 2.24) is 4.98 Å². The van der Waals surface area contributed by atoms with Gasteiger partial charge in [0.25, 0.3) is 0 Å². The predicted octanol–water partition coefficient (Wildman–Crippen LogP) is 3.86. The summed E-state index contributed by atoms with van der Waals surface area (Å²) in [5.74, 6) is 0.910. The first kappa shape index (κ1) is 15.7. The molecule has 1 atom stereocenters. The van der Waals surface area contributed by atoms with Crippen molar-refractivity contribution in [1.29, 1.82) is 0 Å². The molecule has 0 radical (unpaired) electrons. The molecule has 1 aromatic carbocycles. The van der Waals surface area contributed by atoms with Crippen LogP contribution in [-0.2, 0) is 17.6 Å². The Morgan fingerprint density at radius 1 is 1.32 bits per heavy atom. The fourth-order valence-electron chi connectivity index (χ4n) is 3.38. The summed E-state index contributed by atoms with van der Waals surface area (Å²) >= 11 is 0. The molecule has 0 fully saturated rings. The van der Waals surface area contributed by atoms with Crippen molar-refractivity contribution in [3.05, 3.63) is 59.1 Å². The number of carbonyl (C=O) groups excluding carboxylic acids is 1. The highest BCUT2D eigenvalue weighted by molar-refractivity contribution is 6.04. The molecule has 1 aliphatic carbocycles. The Morgan fingerprint density at radius 2 is 2.20 bits per heavy atom. The van der Waals surface area contributed by atoms with Crippen molar-refractivity contribution >= 4 is 16.9 Å². The number of nitrogens with zero attached hydrogens (tertiary/aromatic N) is 1. The smallest absolute Gasteiger partial charge is 0.342 e. The number of fused-ring (bicyclic) bond motifs is 2. The third kappa shape index (κ3) is 2.86. The van der Waals surface area contributed by atoms with Gasteiger partial charge in [-0.05, 0) is 43.7 Å². The van der Waals surface area contributed by atoms with E-state index >= 15 is 0 Å². The lowest BCUT2D eigenvalue weighted by Gasteiger charge is -2.13. The molecule has 5 nitrogen and oxygen atoms in total. The second kappa shape index (κ2) is 6.24. The van der Waals surface area contributed by atoms with E-state index in [0.29, 0.717) is 23.5 Å². The second-order valence-corrected chi connectivity index (χ2v) is 6.17. The number of esters is 1. The van der Waals surface area contributed by atoms with Crippen LogP contribution in [0.4, 0.5) is 0 Å². The number of ether oxygens (including phenoxy) is 2. The molecule has 0 spiro atoms. The lowest BCUT2D eigenvalue weighted by atomic mass is 10.1. The minimum Gasteiger partial charge on any atom is -0.490 e. The molecule has 2 aromatic heterocycles. The molecule has 25 heavy (non-hydrogen) atoms. The van der Waals surface area contributed by atoms with Gasteiger partial charge in [-0.1, -0.05) is 6.07 Å². The molecule has 1 unspecified atom stereocenters. The minimum absolute atomic E-state index is 0.0568. The molecule has 0 amide bonds. The van der Waals surface area contributed by atoms with Crippen LogP contribution in [0.5, 0.6) is 5.75 Å². The number of aryl methyl sites for hydroxylation is 1. The van der Waals surface area contributed by atoms with Gasteiger partial charge < -0.3 is 13.9 Å². The number of benzene rings is 1. The fourth-order valence-corrected chi connectivity index (χ4v) is 3.38. The van der Waals surface area contributed by atoms with Crippen LogP contribution < -0.4 is 4.74 Å². The molecule has 0 saturated carbocycles. The summed E-state index contributed by atoms with van der Waals surface area (Å²) in [5, 5.41) is 0.724. The van der Waals surface area contributed by atoms with Crippen LogP contribution in [0.15, 0.2) is 40.9 Å². The maximum atomic E-state index is 12.2. The summed E-state index contributed by atoms with van der Waals surface area (Å²) in [4.78, 5) is 16.6. The van der Waals surface area contributed by atoms with Crippen LogP contribution in [0.2, 0.25) is 0 Å². The molecular weight excluding hydrogens is 318 g/mol. The maximum absolute atomic E-state index is 12.2. The van der Waals surface area contributed by atoms with Gasteiger partial charge in [0.2, 0.25) is 0 Å². The number of aromatic nitrogens is 1. The molecule has 0 N–H and O–H groups in total. The monoisotopic (exact) mass is 337 g/mol. The first-order valence-electron chi connectivity index (χ1n) is 8.45. The maximum Gasteiger partial charge on any atom is 0.342 e. The highest BCUT2D eigenvalue weighted by Gasteiger charge is 2.25. The Bertz CT molecular complexity index is 919. The number of rotatable bonds is 4. The van der Waals surface area contributed by atoms with Gasteiger partial charge in [-0.3, -0.25) is 4.98 Å².